The van der Waals surface area contributed by atoms with E-state index in [-0.39, 0.29) is 0 Å². The van der Waals surface area contributed by atoms with E-state index in [2.05, 4.69) is 24.1 Å². The van der Waals surface area contributed by atoms with Crippen molar-refractivity contribution in [3.05, 3.63) is 23.5 Å². The molecule has 0 amide bonds. The van der Waals surface area contributed by atoms with Crippen LogP contribution in [0.3, 0.4) is 0 Å². The Morgan fingerprint density at radius 1 is 1.53 bits per heavy atom. The lowest BCUT2D eigenvalue weighted by Gasteiger charge is -2.11. The number of halogens is 1. The molecule has 1 N–H and O–H groups in total. The van der Waals surface area contributed by atoms with Crippen LogP contribution in [0, 0.1) is 0 Å². The number of hydrogen-bond acceptors (Lipinski definition) is 3. The Hall–Kier alpha value is -0.800. The Kier molecular flexibility index (Phi) is 5.43. The fourth-order valence-electron chi connectivity index (χ4n) is 1.09. The van der Waals surface area contributed by atoms with Crippen molar-refractivity contribution >= 4 is 11.6 Å². The Labute approximate surface area is 95.8 Å². The van der Waals surface area contributed by atoms with Gasteiger partial charge in [0.15, 0.2) is 0 Å². The minimum absolute atomic E-state index is 0.533. The second-order valence-corrected chi connectivity index (χ2v) is 3.89. The third-order valence-electron chi connectivity index (χ3n) is 2.16. The summed E-state index contributed by atoms with van der Waals surface area (Å²) in [7, 11) is 0. The van der Waals surface area contributed by atoms with E-state index in [1.165, 1.54) is 0 Å². The van der Waals surface area contributed by atoms with E-state index >= 15 is 0 Å². The average Bonchev–Trinajstić information content (AvgIpc) is 2.24. The predicted molar refractivity (Wildman–Crippen MR) is 62.5 cm³/mol. The van der Waals surface area contributed by atoms with E-state index < -0.39 is 0 Å². The van der Waals surface area contributed by atoms with Crippen LogP contribution in [0.15, 0.2) is 18.5 Å². The van der Waals surface area contributed by atoms with Gasteiger partial charge in [-0.05, 0) is 13.3 Å². The van der Waals surface area contributed by atoms with Gasteiger partial charge in [0.05, 0.1) is 11.2 Å². The summed E-state index contributed by atoms with van der Waals surface area (Å²) in [6.07, 6.45) is 4.37. The van der Waals surface area contributed by atoms with Crippen LogP contribution in [0.25, 0.3) is 0 Å². The van der Waals surface area contributed by atoms with Crippen molar-refractivity contribution in [3.8, 4) is 5.75 Å². The van der Waals surface area contributed by atoms with Crippen LogP contribution in [0.1, 0.15) is 20.3 Å². The van der Waals surface area contributed by atoms with Gasteiger partial charge in [-0.15, -0.1) is 0 Å². The average molecular weight is 229 g/mol. The first-order valence-electron chi connectivity index (χ1n) is 5.19. The molecule has 1 atom stereocenters. The van der Waals surface area contributed by atoms with Crippen LogP contribution in [-0.2, 0) is 0 Å². The molecule has 1 unspecified atom stereocenters. The molecule has 0 radical (unpaired) electrons. The van der Waals surface area contributed by atoms with Crippen LogP contribution < -0.4 is 10.1 Å². The Bertz CT molecular complexity index is 294. The van der Waals surface area contributed by atoms with E-state index in [1.807, 2.05) is 0 Å². The molecule has 4 heteroatoms. The molecule has 0 saturated heterocycles. The molecule has 1 rings (SSSR count). The van der Waals surface area contributed by atoms with Crippen molar-refractivity contribution in [1.29, 1.82) is 0 Å². The maximum atomic E-state index is 5.77. The van der Waals surface area contributed by atoms with Crippen molar-refractivity contribution in [2.75, 3.05) is 13.2 Å². The van der Waals surface area contributed by atoms with E-state index in [0.717, 1.165) is 13.0 Å². The van der Waals surface area contributed by atoms with Gasteiger partial charge in [-0.1, -0.05) is 18.5 Å². The van der Waals surface area contributed by atoms with Crippen LogP contribution in [-0.4, -0.2) is 24.2 Å². The predicted octanol–water partition coefficient (Wildman–Crippen LogP) is 2.50. The van der Waals surface area contributed by atoms with Crippen LogP contribution in [0.5, 0.6) is 5.75 Å². The molecule has 0 saturated carbocycles. The van der Waals surface area contributed by atoms with Gasteiger partial charge >= 0.3 is 0 Å². The minimum atomic E-state index is 0.533. The molecule has 84 valence electrons. The fraction of sp³-hybridized carbons (Fsp3) is 0.545. The Balaban J connectivity index is 2.20. The van der Waals surface area contributed by atoms with Gasteiger partial charge in [-0.3, -0.25) is 4.98 Å². The van der Waals surface area contributed by atoms with Crippen LogP contribution >= 0.6 is 11.6 Å². The third kappa shape index (κ3) is 5.00. The summed E-state index contributed by atoms with van der Waals surface area (Å²) in [5, 5.41) is 3.94. The number of hydrogen-bond donors (Lipinski definition) is 1. The van der Waals surface area contributed by atoms with E-state index in [1.54, 1.807) is 18.5 Å². The summed E-state index contributed by atoms with van der Waals surface area (Å²) in [6, 6.07) is 2.30. The fourth-order valence-corrected chi connectivity index (χ4v) is 1.25. The molecule has 0 fully saturated rings. The van der Waals surface area contributed by atoms with Gasteiger partial charge in [0, 0.05) is 24.8 Å². The smallest absolute Gasteiger partial charge is 0.139 e. The van der Waals surface area contributed by atoms with Crippen molar-refractivity contribution in [3.63, 3.8) is 0 Å². The zero-order chi connectivity index (χ0) is 11.1. The molecule has 1 heterocycles. The SMILES string of the molecule is CCC(C)NCCOc1cncc(Cl)c1. The van der Waals surface area contributed by atoms with Crippen LogP contribution in [0.2, 0.25) is 5.02 Å². The van der Waals surface area contributed by atoms with Gasteiger partial charge in [0.2, 0.25) is 0 Å². The zero-order valence-electron chi connectivity index (χ0n) is 9.16. The summed E-state index contributed by atoms with van der Waals surface area (Å²) in [5.74, 6) is 0.716. The zero-order valence-corrected chi connectivity index (χ0v) is 9.92. The number of ether oxygens (including phenoxy) is 1. The number of nitrogens with zero attached hydrogens (tertiary/aromatic N) is 1. The molecule has 1 aromatic heterocycles. The molecule has 0 aromatic carbocycles. The molecule has 0 spiro atoms. The molecular formula is C11H17ClN2O. The highest BCUT2D eigenvalue weighted by molar-refractivity contribution is 6.30. The van der Waals surface area contributed by atoms with Gasteiger partial charge < -0.3 is 10.1 Å². The first-order valence-corrected chi connectivity index (χ1v) is 5.57. The number of nitrogens with one attached hydrogen (secondary N) is 1. The Morgan fingerprint density at radius 2 is 2.33 bits per heavy atom. The first-order chi connectivity index (χ1) is 7.22. The van der Waals surface area contributed by atoms with Gasteiger partial charge in [-0.2, -0.15) is 0 Å². The maximum absolute atomic E-state index is 5.77. The number of rotatable bonds is 6. The lowest BCUT2D eigenvalue weighted by molar-refractivity contribution is 0.305. The summed E-state index contributed by atoms with van der Waals surface area (Å²) in [6.45, 7) is 5.77. The lowest BCUT2D eigenvalue weighted by Crippen LogP contribution is -2.29. The van der Waals surface area contributed by atoms with Crippen molar-refractivity contribution < 1.29 is 4.74 Å². The van der Waals surface area contributed by atoms with E-state index in [0.29, 0.717) is 23.4 Å². The third-order valence-corrected chi connectivity index (χ3v) is 2.36. The highest BCUT2D eigenvalue weighted by Gasteiger charge is 1.98. The molecule has 0 aliphatic rings. The summed E-state index contributed by atoms with van der Waals surface area (Å²) in [5.41, 5.74) is 0. The van der Waals surface area contributed by atoms with Crippen molar-refractivity contribution in [2.24, 2.45) is 0 Å². The normalized spacial score (nSPS) is 12.5. The quantitative estimate of drug-likeness (QED) is 0.760. The molecule has 15 heavy (non-hydrogen) atoms. The lowest BCUT2D eigenvalue weighted by atomic mass is 10.3. The summed E-state index contributed by atoms with van der Waals surface area (Å²) in [4.78, 5) is 3.94. The topological polar surface area (TPSA) is 34.1 Å². The summed E-state index contributed by atoms with van der Waals surface area (Å²) >= 11 is 5.77. The maximum Gasteiger partial charge on any atom is 0.139 e. The molecule has 3 nitrogen and oxygen atoms in total. The second-order valence-electron chi connectivity index (χ2n) is 3.45. The van der Waals surface area contributed by atoms with Crippen LogP contribution in [0.4, 0.5) is 0 Å². The first kappa shape index (κ1) is 12.3. The molecule has 1 aromatic rings. The molecular weight excluding hydrogens is 212 g/mol. The van der Waals surface area contributed by atoms with Gasteiger partial charge in [-0.25, -0.2) is 0 Å². The number of aromatic nitrogens is 1. The Morgan fingerprint density at radius 3 is 3.00 bits per heavy atom. The van der Waals surface area contributed by atoms with Crippen molar-refractivity contribution in [1.82, 2.24) is 10.3 Å². The highest BCUT2D eigenvalue weighted by atomic mass is 35.5. The highest BCUT2D eigenvalue weighted by Crippen LogP contribution is 2.14. The van der Waals surface area contributed by atoms with E-state index in [9.17, 15) is 0 Å². The van der Waals surface area contributed by atoms with E-state index in [4.69, 9.17) is 16.3 Å². The second kappa shape index (κ2) is 6.64. The number of pyridine rings is 1. The molecule has 0 aliphatic heterocycles. The summed E-state index contributed by atoms with van der Waals surface area (Å²) < 4.78 is 5.47. The monoisotopic (exact) mass is 228 g/mol. The van der Waals surface area contributed by atoms with Crippen molar-refractivity contribution in [2.45, 2.75) is 26.3 Å². The standard InChI is InChI=1S/C11H17ClN2O/c1-3-9(2)14-4-5-15-11-6-10(12)7-13-8-11/h6-9,14H,3-5H2,1-2H3. The van der Waals surface area contributed by atoms with Gasteiger partial charge in [0.1, 0.15) is 12.4 Å². The minimum Gasteiger partial charge on any atom is -0.491 e. The largest absolute Gasteiger partial charge is 0.491 e. The molecule has 0 bridgehead atoms. The van der Waals surface area contributed by atoms with Gasteiger partial charge in [0.25, 0.3) is 0 Å². The molecule has 0 aliphatic carbocycles.